The Morgan fingerprint density at radius 2 is 2.05 bits per heavy atom. The van der Waals surface area contributed by atoms with Gasteiger partial charge in [-0.25, -0.2) is 4.39 Å². The minimum atomic E-state index is -0.451. The molecule has 0 heterocycles. The van der Waals surface area contributed by atoms with E-state index < -0.39 is 5.82 Å². The Bertz CT molecular complexity index is 412. The van der Waals surface area contributed by atoms with E-state index in [2.05, 4.69) is 21.2 Å². The summed E-state index contributed by atoms with van der Waals surface area (Å²) >= 11 is 3.25. The van der Waals surface area contributed by atoms with Crippen molar-refractivity contribution in [3.05, 3.63) is 28.0 Å². The number of hydrogen-bond donors (Lipinski definition) is 3. The van der Waals surface area contributed by atoms with Crippen LogP contribution in [0.2, 0.25) is 0 Å². The van der Waals surface area contributed by atoms with Crippen molar-refractivity contribution in [3.8, 4) is 0 Å². The lowest BCUT2D eigenvalue weighted by atomic mass is 9.94. The number of rotatable bonds is 4. The Balaban J connectivity index is 2.12. The molecule has 1 aromatic rings. The third-order valence-electron chi connectivity index (χ3n) is 3.73. The van der Waals surface area contributed by atoms with Crippen molar-refractivity contribution in [3.63, 3.8) is 0 Å². The second-order valence-corrected chi connectivity index (χ2v) is 5.99. The van der Waals surface area contributed by atoms with Gasteiger partial charge in [0.2, 0.25) is 0 Å². The summed E-state index contributed by atoms with van der Waals surface area (Å²) in [5, 5.41) is 12.9. The minimum absolute atomic E-state index is 0.0493. The van der Waals surface area contributed by atoms with Crippen LogP contribution in [0.5, 0.6) is 0 Å². The zero-order valence-electron chi connectivity index (χ0n) is 10.8. The monoisotopic (exact) mass is 330 g/mol. The summed E-state index contributed by atoms with van der Waals surface area (Å²) in [5.41, 5.74) is 6.41. The van der Waals surface area contributed by atoms with E-state index in [0.717, 1.165) is 18.4 Å². The van der Waals surface area contributed by atoms with Crippen molar-refractivity contribution < 1.29 is 9.50 Å². The van der Waals surface area contributed by atoms with Crippen LogP contribution in [-0.2, 0) is 0 Å². The predicted octanol–water partition coefficient (Wildman–Crippen LogP) is 3.13. The van der Waals surface area contributed by atoms with Gasteiger partial charge in [-0.1, -0.05) is 19.3 Å². The van der Waals surface area contributed by atoms with E-state index in [9.17, 15) is 9.50 Å². The summed E-state index contributed by atoms with van der Waals surface area (Å²) in [7, 11) is 0. The largest absolute Gasteiger partial charge is 0.395 e. The SMILES string of the molecule is Nc1c(F)cc(C(CO)NC2CCCCC2)cc1Br. The van der Waals surface area contributed by atoms with Gasteiger partial charge in [0.15, 0.2) is 0 Å². The van der Waals surface area contributed by atoms with Gasteiger partial charge >= 0.3 is 0 Å². The third kappa shape index (κ3) is 3.68. The first-order valence-corrected chi connectivity index (χ1v) is 7.52. The topological polar surface area (TPSA) is 58.3 Å². The molecule has 1 unspecified atom stereocenters. The van der Waals surface area contributed by atoms with Crippen LogP contribution in [0, 0.1) is 5.82 Å². The van der Waals surface area contributed by atoms with Gasteiger partial charge in [-0.05, 0) is 46.5 Å². The number of nitrogens with one attached hydrogen (secondary N) is 1. The number of benzene rings is 1. The Morgan fingerprint density at radius 3 is 2.63 bits per heavy atom. The Labute approximate surface area is 121 Å². The molecule has 1 saturated carbocycles. The van der Waals surface area contributed by atoms with Crippen LogP contribution in [0.25, 0.3) is 0 Å². The summed E-state index contributed by atoms with van der Waals surface area (Å²) in [5.74, 6) is -0.451. The van der Waals surface area contributed by atoms with Crippen molar-refractivity contribution in [1.29, 1.82) is 0 Å². The van der Waals surface area contributed by atoms with Crippen LogP contribution >= 0.6 is 15.9 Å². The molecule has 0 bridgehead atoms. The first kappa shape index (κ1) is 14.8. The number of aliphatic hydroxyl groups is 1. The third-order valence-corrected chi connectivity index (χ3v) is 4.38. The molecule has 106 valence electrons. The van der Waals surface area contributed by atoms with Crippen molar-refractivity contribution in [1.82, 2.24) is 5.32 Å². The molecule has 1 aliphatic rings. The minimum Gasteiger partial charge on any atom is -0.395 e. The molecule has 3 nitrogen and oxygen atoms in total. The van der Waals surface area contributed by atoms with E-state index in [1.807, 2.05) is 0 Å². The molecule has 2 rings (SSSR count). The van der Waals surface area contributed by atoms with Crippen LogP contribution in [-0.4, -0.2) is 17.8 Å². The number of aliphatic hydroxyl groups excluding tert-OH is 1. The van der Waals surface area contributed by atoms with E-state index in [-0.39, 0.29) is 18.3 Å². The summed E-state index contributed by atoms with van der Waals surface area (Å²) < 4.78 is 14.2. The first-order valence-electron chi connectivity index (χ1n) is 6.73. The van der Waals surface area contributed by atoms with Gasteiger partial charge in [-0.3, -0.25) is 0 Å². The van der Waals surface area contributed by atoms with Crippen LogP contribution in [0.15, 0.2) is 16.6 Å². The van der Waals surface area contributed by atoms with Gasteiger partial charge in [-0.2, -0.15) is 0 Å². The molecular weight excluding hydrogens is 311 g/mol. The molecule has 4 N–H and O–H groups in total. The number of halogens is 2. The van der Waals surface area contributed by atoms with Crippen LogP contribution in [0.4, 0.5) is 10.1 Å². The van der Waals surface area contributed by atoms with Crippen molar-refractivity contribution in [2.75, 3.05) is 12.3 Å². The molecule has 0 saturated heterocycles. The number of nitrogen functional groups attached to an aromatic ring is 1. The van der Waals surface area contributed by atoms with Gasteiger partial charge in [0, 0.05) is 10.5 Å². The number of anilines is 1. The lowest BCUT2D eigenvalue weighted by Crippen LogP contribution is -2.36. The van der Waals surface area contributed by atoms with Crippen molar-refractivity contribution in [2.24, 2.45) is 0 Å². The molecule has 1 atom stereocenters. The molecule has 0 aromatic heterocycles. The maximum Gasteiger partial charge on any atom is 0.147 e. The molecule has 0 radical (unpaired) electrons. The highest BCUT2D eigenvalue weighted by Gasteiger charge is 2.20. The molecule has 5 heteroatoms. The smallest absolute Gasteiger partial charge is 0.147 e. The second-order valence-electron chi connectivity index (χ2n) is 5.13. The van der Waals surface area contributed by atoms with Crippen molar-refractivity contribution in [2.45, 2.75) is 44.2 Å². The Hall–Kier alpha value is -0.650. The highest BCUT2D eigenvalue weighted by atomic mass is 79.9. The van der Waals surface area contributed by atoms with Gasteiger partial charge in [0.25, 0.3) is 0 Å². The van der Waals surface area contributed by atoms with E-state index in [1.54, 1.807) is 6.07 Å². The molecule has 0 spiro atoms. The van der Waals surface area contributed by atoms with Gasteiger partial charge < -0.3 is 16.2 Å². The fraction of sp³-hybridized carbons (Fsp3) is 0.571. The van der Waals surface area contributed by atoms with Gasteiger partial charge in [0.05, 0.1) is 18.3 Å². The van der Waals surface area contributed by atoms with E-state index in [0.29, 0.717) is 10.5 Å². The zero-order chi connectivity index (χ0) is 13.8. The van der Waals surface area contributed by atoms with E-state index in [4.69, 9.17) is 5.73 Å². The zero-order valence-corrected chi connectivity index (χ0v) is 12.4. The standard InChI is InChI=1S/C14H20BrFN2O/c15-11-6-9(7-12(16)14(11)17)13(8-19)18-10-4-2-1-3-5-10/h6-7,10,13,18-19H,1-5,8,17H2. The lowest BCUT2D eigenvalue weighted by molar-refractivity contribution is 0.220. The molecule has 1 aromatic carbocycles. The lowest BCUT2D eigenvalue weighted by Gasteiger charge is -2.28. The summed E-state index contributed by atoms with van der Waals surface area (Å²) in [4.78, 5) is 0. The second kappa shape index (κ2) is 6.68. The summed E-state index contributed by atoms with van der Waals surface area (Å²) in [6, 6.07) is 3.34. The highest BCUT2D eigenvalue weighted by Crippen LogP contribution is 2.28. The maximum absolute atomic E-state index is 13.7. The molecule has 0 amide bonds. The maximum atomic E-state index is 13.7. The average Bonchev–Trinajstić information content (AvgIpc) is 2.42. The summed E-state index contributed by atoms with van der Waals surface area (Å²) in [6.45, 7) is -0.0493. The van der Waals surface area contributed by atoms with Crippen LogP contribution < -0.4 is 11.1 Å². The van der Waals surface area contributed by atoms with E-state index in [1.165, 1.54) is 25.3 Å². The quantitative estimate of drug-likeness (QED) is 0.743. The highest BCUT2D eigenvalue weighted by molar-refractivity contribution is 9.10. The molecular formula is C14H20BrFN2O. The molecule has 1 aliphatic carbocycles. The number of nitrogens with two attached hydrogens (primary N) is 1. The fourth-order valence-corrected chi connectivity index (χ4v) is 3.07. The predicted molar refractivity (Wildman–Crippen MR) is 78.3 cm³/mol. The molecule has 0 aliphatic heterocycles. The molecule has 19 heavy (non-hydrogen) atoms. The fourth-order valence-electron chi connectivity index (χ4n) is 2.61. The first-order chi connectivity index (χ1) is 9.11. The molecule has 1 fully saturated rings. The van der Waals surface area contributed by atoms with Crippen LogP contribution in [0.3, 0.4) is 0 Å². The van der Waals surface area contributed by atoms with Gasteiger partial charge in [0.1, 0.15) is 5.82 Å². The van der Waals surface area contributed by atoms with Crippen molar-refractivity contribution >= 4 is 21.6 Å². The number of hydrogen-bond acceptors (Lipinski definition) is 3. The van der Waals surface area contributed by atoms with Gasteiger partial charge in [-0.15, -0.1) is 0 Å². The Morgan fingerprint density at radius 1 is 1.37 bits per heavy atom. The van der Waals surface area contributed by atoms with Crippen LogP contribution in [0.1, 0.15) is 43.7 Å². The average molecular weight is 331 g/mol. The normalized spacial score (nSPS) is 18.5. The Kier molecular flexibility index (Phi) is 5.19. The summed E-state index contributed by atoms with van der Waals surface area (Å²) in [6.07, 6.45) is 5.96. The van der Waals surface area contributed by atoms with E-state index >= 15 is 0 Å².